The van der Waals surface area contributed by atoms with E-state index < -0.39 is 0 Å². The van der Waals surface area contributed by atoms with Gasteiger partial charge in [-0.2, -0.15) is 0 Å². The lowest BCUT2D eigenvalue weighted by Gasteiger charge is -2.03. The first kappa shape index (κ1) is 38.4. The zero-order chi connectivity index (χ0) is 32.9. The van der Waals surface area contributed by atoms with Crippen LogP contribution in [0.5, 0.6) is 0 Å². The second-order valence-electron chi connectivity index (χ2n) is 11.4. The van der Waals surface area contributed by atoms with Gasteiger partial charge in [-0.05, 0) is 0 Å². The molecular weight excluding hydrogens is 572 g/mol. The molecule has 1 aliphatic rings. The summed E-state index contributed by atoms with van der Waals surface area (Å²) in [6, 6.07) is 0. The van der Waals surface area contributed by atoms with E-state index in [0.717, 1.165) is 0 Å². The molecule has 0 unspecified atom stereocenters. The van der Waals surface area contributed by atoms with Crippen molar-refractivity contribution < 1.29 is 52.7 Å². The summed E-state index contributed by atoms with van der Waals surface area (Å²) in [7, 11) is 0. The molecule has 0 bridgehead atoms. The Bertz CT molecular complexity index is 758. The third-order valence-electron chi connectivity index (χ3n) is 7.51. The van der Waals surface area contributed by atoms with Crippen molar-refractivity contribution in [2.45, 2.75) is 141 Å². The maximum absolute atomic E-state index is 12.1. The number of ketones is 11. The van der Waals surface area contributed by atoms with Crippen LogP contribution in [0.4, 0.5) is 0 Å². The molecular formula is C33H44O11. The third-order valence-corrected chi connectivity index (χ3v) is 7.51. The molecule has 0 heterocycles. The number of hydrogen-bond acceptors (Lipinski definition) is 11. The van der Waals surface area contributed by atoms with Gasteiger partial charge in [0.1, 0.15) is 63.6 Å². The number of Topliss-reactive ketones (excluding diaryl/α,β-unsaturated/α-hetero) is 11. The van der Waals surface area contributed by atoms with Crippen LogP contribution in [0.15, 0.2) is 0 Å². The molecule has 1 rings (SSSR count). The van der Waals surface area contributed by atoms with Gasteiger partial charge in [0.15, 0.2) is 0 Å². The molecule has 11 nitrogen and oxygen atoms in total. The van der Waals surface area contributed by atoms with Gasteiger partial charge in [-0.25, -0.2) is 0 Å². The van der Waals surface area contributed by atoms with Crippen molar-refractivity contribution in [3.05, 3.63) is 0 Å². The first-order valence-electron chi connectivity index (χ1n) is 15.5. The van der Waals surface area contributed by atoms with Crippen LogP contribution in [0, 0.1) is 0 Å². The lowest BCUT2D eigenvalue weighted by molar-refractivity contribution is -0.128. The molecule has 0 spiro atoms. The van der Waals surface area contributed by atoms with Crippen LogP contribution in [-0.2, 0) is 52.7 Å². The number of hydrogen-bond donors (Lipinski definition) is 0. The van der Waals surface area contributed by atoms with Crippen molar-refractivity contribution in [3.8, 4) is 0 Å². The SMILES string of the molecule is O=C1CCC(=O)CCC(=O)CCC(=O)CCC(=O)CCC(=O)CCC(=O)CCC(=O)CCC(=O)CCC(=O)CCC(=O)CC1. The molecule has 0 N–H and O–H groups in total. The molecule has 242 valence electrons. The van der Waals surface area contributed by atoms with Crippen molar-refractivity contribution in [1.29, 1.82) is 0 Å². The predicted molar refractivity (Wildman–Crippen MR) is 157 cm³/mol. The molecule has 11 heteroatoms. The van der Waals surface area contributed by atoms with Gasteiger partial charge in [-0.3, -0.25) is 52.7 Å². The largest absolute Gasteiger partial charge is 0.300 e. The van der Waals surface area contributed by atoms with Crippen molar-refractivity contribution in [2.24, 2.45) is 0 Å². The number of carbonyl (C=O) groups excluding carboxylic acids is 11. The van der Waals surface area contributed by atoms with Crippen LogP contribution in [0.25, 0.3) is 0 Å². The Hall–Kier alpha value is -3.63. The lowest BCUT2D eigenvalue weighted by Crippen LogP contribution is -2.11. The maximum atomic E-state index is 12.1. The molecule has 0 saturated heterocycles. The summed E-state index contributed by atoms with van der Waals surface area (Å²) in [6.45, 7) is 0. The Labute approximate surface area is 257 Å². The van der Waals surface area contributed by atoms with Crippen molar-refractivity contribution in [1.82, 2.24) is 0 Å². The van der Waals surface area contributed by atoms with Gasteiger partial charge >= 0.3 is 0 Å². The zero-order valence-electron chi connectivity index (χ0n) is 25.5. The second kappa shape index (κ2) is 22.0. The highest BCUT2D eigenvalue weighted by atomic mass is 16.2. The molecule has 0 aromatic rings. The van der Waals surface area contributed by atoms with Gasteiger partial charge in [0.2, 0.25) is 0 Å². The lowest BCUT2D eigenvalue weighted by atomic mass is 9.99. The van der Waals surface area contributed by atoms with E-state index in [1.165, 1.54) is 0 Å². The third kappa shape index (κ3) is 20.3. The van der Waals surface area contributed by atoms with E-state index in [0.29, 0.717) is 0 Å². The van der Waals surface area contributed by atoms with Crippen LogP contribution in [0.3, 0.4) is 0 Å². The van der Waals surface area contributed by atoms with Gasteiger partial charge in [0.25, 0.3) is 0 Å². The van der Waals surface area contributed by atoms with E-state index in [1.807, 2.05) is 0 Å². The molecule has 0 aliphatic heterocycles. The Kier molecular flexibility index (Phi) is 19.2. The highest BCUT2D eigenvalue weighted by Gasteiger charge is 2.17. The van der Waals surface area contributed by atoms with E-state index in [-0.39, 0.29) is 205 Å². The highest BCUT2D eigenvalue weighted by Crippen LogP contribution is 2.12. The number of rotatable bonds is 0. The molecule has 0 aromatic heterocycles. The molecule has 0 radical (unpaired) electrons. The molecule has 1 fully saturated rings. The summed E-state index contributed by atoms with van der Waals surface area (Å²) in [4.78, 5) is 133. The summed E-state index contributed by atoms with van der Waals surface area (Å²) in [6.07, 6.45) is -1.26. The molecule has 0 amide bonds. The molecule has 44 heavy (non-hydrogen) atoms. The standard InChI is InChI=1S/C33H44O11/c34-23-1-2-24(35)5-6-26(37)9-10-28(39)13-14-30(41)17-18-32(43)21-22-33(44)20-19-31(42)16-15-29(40)12-11-27(38)8-7-25(36)4-3-23/h1-22H2. The number of carbonyl (C=O) groups is 11. The topological polar surface area (TPSA) is 188 Å². The minimum atomic E-state index is -0.278. The van der Waals surface area contributed by atoms with Gasteiger partial charge in [0, 0.05) is 141 Å². The predicted octanol–water partition coefficient (Wildman–Crippen LogP) is 3.84. The normalized spacial score (nSPS) is 21.5. The van der Waals surface area contributed by atoms with Crippen molar-refractivity contribution in [2.75, 3.05) is 0 Å². The first-order chi connectivity index (χ1) is 20.8. The van der Waals surface area contributed by atoms with E-state index in [9.17, 15) is 52.7 Å². The summed E-state index contributed by atoms with van der Waals surface area (Å²) in [5, 5.41) is 0. The molecule has 1 saturated carbocycles. The summed E-state index contributed by atoms with van der Waals surface area (Å²) >= 11 is 0. The fraction of sp³-hybridized carbons (Fsp3) is 0.667. The minimum Gasteiger partial charge on any atom is -0.300 e. The van der Waals surface area contributed by atoms with Crippen LogP contribution >= 0.6 is 0 Å². The molecule has 0 aromatic carbocycles. The Morgan fingerprint density at radius 2 is 0.182 bits per heavy atom. The van der Waals surface area contributed by atoms with Gasteiger partial charge in [-0.1, -0.05) is 0 Å². The van der Waals surface area contributed by atoms with Crippen molar-refractivity contribution >= 4 is 63.6 Å². The van der Waals surface area contributed by atoms with E-state index in [2.05, 4.69) is 0 Å². The van der Waals surface area contributed by atoms with Gasteiger partial charge in [-0.15, -0.1) is 0 Å². The van der Waals surface area contributed by atoms with Crippen LogP contribution < -0.4 is 0 Å². The highest BCUT2D eigenvalue weighted by molar-refractivity contribution is 5.95. The zero-order valence-corrected chi connectivity index (χ0v) is 25.5. The van der Waals surface area contributed by atoms with Crippen LogP contribution in [0.2, 0.25) is 0 Å². The van der Waals surface area contributed by atoms with Crippen molar-refractivity contribution in [3.63, 3.8) is 0 Å². The average Bonchev–Trinajstić information content (AvgIpc) is 3.00. The monoisotopic (exact) mass is 616 g/mol. The average molecular weight is 617 g/mol. The summed E-state index contributed by atoms with van der Waals surface area (Å²) < 4.78 is 0. The first-order valence-corrected chi connectivity index (χ1v) is 15.5. The minimum absolute atomic E-state index is 0.0573. The molecule has 0 atom stereocenters. The van der Waals surface area contributed by atoms with Gasteiger partial charge in [0.05, 0.1) is 0 Å². The van der Waals surface area contributed by atoms with E-state index >= 15 is 0 Å². The fourth-order valence-electron chi connectivity index (χ4n) is 4.44. The summed E-state index contributed by atoms with van der Waals surface area (Å²) in [5.74, 6) is -3.06. The second-order valence-corrected chi connectivity index (χ2v) is 11.4. The van der Waals surface area contributed by atoms with E-state index in [1.54, 1.807) is 0 Å². The Morgan fingerprint density at radius 1 is 0.136 bits per heavy atom. The fourth-order valence-corrected chi connectivity index (χ4v) is 4.44. The van der Waals surface area contributed by atoms with Crippen LogP contribution in [-0.4, -0.2) is 63.6 Å². The van der Waals surface area contributed by atoms with Crippen LogP contribution in [0.1, 0.15) is 141 Å². The maximum Gasteiger partial charge on any atom is 0.133 e. The van der Waals surface area contributed by atoms with Gasteiger partial charge < -0.3 is 0 Å². The quantitative estimate of drug-likeness (QED) is 0.384. The van der Waals surface area contributed by atoms with E-state index in [4.69, 9.17) is 0 Å². The summed E-state index contributed by atoms with van der Waals surface area (Å²) in [5.41, 5.74) is 0. The Morgan fingerprint density at radius 3 is 0.227 bits per heavy atom. The Balaban J connectivity index is 2.61. The molecule has 1 aliphatic carbocycles. The smallest absolute Gasteiger partial charge is 0.133 e.